The molecular formula is C79H127N21O27. The fourth-order valence-electron chi connectivity index (χ4n) is 12.3. The van der Waals surface area contributed by atoms with Crippen LogP contribution in [0, 0.1) is 17.8 Å². The number of carboxylic acids is 1. The number of unbranched alkanes of at least 4 members (excludes halogenated alkanes) is 2. The summed E-state index contributed by atoms with van der Waals surface area (Å²) < 4.78 is 0. The van der Waals surface area contributed by atoms with Crippen LogP contribution in [0.3, 0.4) is 0 Å². The van der Waals surface area contributed by atoms with Crippen LogP contribution in [0.5, 0.6) is 11.5 Å². The molecule has 35 N–H and O–H groups in total. The molecule has 2 aromatic rings. The lowest BCUT2D eigenvalue weighted by Gasteiger charge is -2.28. The van der Waals surface area contributed by atoms with Gasteiger partial charge in [0.05, 0.1) is 58.0 Å². The average Bonchev–Trinajstić information content (AvgIpc) is 0.845. The lowest BCUT2D eigenvalue weighted by molar-refractivity contribution is -0.144. The van der Waals surface area contributed by atoms with Crippen molar-refractivity contribution in [2.45, 2.75) is 242 Å². The van der Waals surface area contributed by atoms with Crippen LogP contribution in [0.2, 0.25) is 0 Å². The van der Waals surface area contributed by atoms with Crippen molar-refractivity contribution in [2.24, 2.45) is 52.2 Å². The van der Waals surface area contributed by atoms with Crippen molar-refractivity contribution in [3.8, 4) is 11.5 Å². The molecule has 16 atom stereocenters. The van der Waals surface area contributed by atoms with Gasteiger partial charge in [0.15, 0.2) is 0 Å². The molecule has 48 nitrogen and oxygen atoms in total. The molecule has 0 fully saturated rings. The minimum atomic E-state index is -2.04. The van der Waals surface area contributed by atoms with Gasteiger partial charge < -0.3 is 155 Å². The monoisotopic (exact) mass is 1800 g/mol. The number of carboxylic acid groups (broad SMARTS) is 1. The van der Waals surface area contributed by atoms with Crippen molar-refractivity contribution >= 4 is 112 Å². The first kappa shape index (κ1) is 111. The molecule has 0 aliphatic rings. The van der Waals surface area contributed by atoms with E-state index >= 15 is 0 Å². The van der Waals surface area contributed by atoms with E-state index < -0.39 is 286 Å². The molecule has 0 aromatic heterocycles. The topological polar surface area (TPSA) is 823 Å². The summed E-state index contributed by atoms with van der Waals surface area (Å²) in [5.74, 6) is -23.7. The zero-order chi connectivity index (χ0) is 96.1. The first-order chi connectivity index (χ1) is 59.7. The summed E-state index contributed by atoms with van der Waals surface area (Å²) in [6, 6.07) is -15.3. The fourth-order valence-corrected chi connectivity index (χ4v) is 12.3. The predicted molar refractivity (Wildman–Crippen MR) is 450 cm³/mol. The molecule has 0 bridgehead atoms. The molecule has 0 saturated heterocycles. The van der Waals surface area contributed by atoms with Crippen LogP contribution in [0.25, 0.3) is 0 Å². The number of carbonyl (C=O) groups excluding carboxylic acids is 18. The van der Waals surface area contributed by atoms with Crippen LogP contribution < -0.4 is 114 Å². The van der Waals surface area contributed by atoms with Gasteiger partial charge in [-0.3, -0.25) is 86.3 Å². The van der Waals surface area contributed by atoms with E-state index in [1.165, 1.54) is 48.5 Å². The van der Waals surface area contributed by atoms with Gasteiger partial charge in [-0.05, 0) is 131 Å². The van der Waals surface area contributed by atoms with Crippen LogP contribution in [0.4, 0.5) is 0 Å². The number of aliphatic hydroxyl groups is 5. The number of phenolic OH excluding ortho intramolecular Hbond substituents is 2. The summed E-state index contributed by atoms with van der Waals surface area (Å²) in [6.07, 6.45) is -4.61. The van der Waals surface area contributed by atoms with E-state index in [-0.39, 0.29) is 80.9 Å². The maximum absolute atomic E-state index is 14.6. The number of primary amides is 3. The molecule has 0 aliphatic carbocycles. The van der Waals surface area contributed by atoms with E-state index in [2.05, 4.69) is 79.8 Å². The molecular weight excluding hydrogens is 1670 g/mol. The molecule has 0 spiro atoms. The Morgan fingerprint density at radius 3 is 0.984 bits per heavy atom. The van der Waals surface area contributed by atoms with E-state index in [4.69, 9.17) is 34.4 Å². The molecule has 2 rings (SSSR count). The maximum atomic E-state index is 14.6. The molecule has 0 aliphatic heterocycles. The van der Waals surface area contributed by atoms with E-state index in [0.717, 1.165) is 6.92 Å². The Labute approximate surface area is 732 Å². The van der Waals surface area contributed by atoms with Gasteiger partial charge in [-0.2, -0.15) is 0 Å². The zero-order valence-electron chi connectivity index (χ0n) is 71.9. The lowest BCUT2D eigenvalue weighted by Crippen LogP contribution is -2.62. The molecule has 48 heteroatoms. The highest BCUT2D eigenvalue weighted by Gasteiger charge is 2.40. The summed E-state index contributed by atoms with van der Waals surface area (Å²) in [5.41, 5.74) is 33.7. The van der Waals surface area contributed by atoms with E-state index in [9.17, 15) is 132 Å². The van der Waals surface area contributed by atoms with Gasteiger partial charge in [-0.25, -0.2) is 4.79 Å². The van der Waals surface area contributed by atoms with Crippen LogP contribution in [-0.4, -0.2) is 296 Å². The van der Waals surface area contributed by atoms with Crippen molar-refractivity contribution in [1.29, 1.82) is 0 Å². The summed E-state index contributed by atoms with van der Waals surface area (Å²) in [4.78, 5) is 257. The number of phenols is 2. The van der Waals surface area contributed by atoms with Gasteiger partial charge in [0.1, 0.15) is 96.1 Å². The number of carbonyl (C=O) groups is 19. The van der Waals surface area contributed by atoms with Crippen LogP contribution in [0.15, 0.2) is 48.5 Å². The third-order valence-electron chi connectivity index (χ3n) is 19.1. The Kier molecular flexibility index (Phi) is 50.0. The van der Waals surface area contributed by atoms with Gasteiger partial charge in [0.2, 0.25) is 106 Å². The quantitative estimate of drug-likeness (QED) is 0.0274. The molecule has 0 heterocycles. The molecule has 127 heavy (non-hydrogen) atoms. The van der Waals surface area contributed by atoms with Crippen molar-refractivity contribution < 1.29 is 132 Å². The first-order valence-corrected chi connectivity index (χ1v) is 41.1. The van der Waals surface area contributed by atoms with Crippen molar-refractivity contribution in [3.63, 3.8) is 0 Å². The van der Waals surface area contributed by atoms with Crippen molar-refractivity contribution in [1.82, 2.24) is 79.8 Å². The van der Waals surface area contributed by atoms with Crippen molar-refractivity contribution in [2.75, 3.05) is 46.1 Å². The second kappa shape index (κ2) is 57.3. The number of hydrogen-bond acceptors (Lipinski definition) is 29. The number of rotatable bonds is 61. The maximum Gasteiger partial charge on any atom is 0.326 e. The van der Waals surface area contributed by atoms with Gasteiger partial charge >= 0.3 is 5.97 Å². The lowest BCUT2D eigenvalue weighted by atomic mass is 9.99. The molecule has 0 unspecified atom stereocenters. The van der Waals surface area contributed by atoms with Gasteiger partial charge in [-0.1, -0.05) is 72.2 Å². The van der Waals surface area contributed by atoms with Gasteiger partial charge in [0.25, 0.3) is 0 Å². The van der Waals surface area contributed by atoms with Crippen LogP contribution >= 0.6 is 0 Å². The Balaban J connectivity index is 2.44. The smallest absolute Gasteiger partial charge is 0.326 e. The summed E-state index contributed by atoms with van der Waals surface area (Å²) >= 11 is 0. The van der Waals surface area contributed by atoms with E-state index in [1.54, 1.807) is 41.5 Å². The standard InChI is InChI=1S/C79H127N21O27/c1-38(2)26-49(89-69(116)50(27-39(3)4)91-75(122)58(36-103)97-67(114)48(22-23-60(83)108)88-74(121)57(35-102)99-77(124)56(34-101)96-65(112)46(82)12-8-10-24-80)70(117)92-52(29-42-14-18-44(106)19-15-42)73(120)98-59(37-104)76(123)93-54(31-61(84)109)66(113)86-33-63(111)87-47(13-9-11-25-81)68(115)100-64(41(7)105)78(125)94-53(30-43-16-20-45(107)21-17-43)72(119)90-51(28-40(5)6)71(118)95-55(79(126)127)32-62(85)110/h14-21,38-41,46-59,64,101-107H,8-13,22-37,80-82H2,1-7H3,(H2,83,108)(H2,84,109)(H2,85,110)(H,86,113)(H,87,111)(H,88,121)(H,89,116)(H,90,119)(H,91,122)(H,92,117)(H,93,123)(H,94,125)(H,95,118)(H,96,112)(H,97,114)(H,98,120)(H,99,124)(H,100,115)(H,126,127)/t41-,46+,47+,48+,49+,50+,51+,52+,53+,54+,55+,56+,57+,58+,59+,64+/m1/s1. The highest BCUT2D eigenvalue weighted by molar-refractivity contribution is 6.01. The normalized spacial score (nSPS) is 15.0. The van der Waals surface area contributed by atoms with E-state index in [0.29, 0.717) is 24.9 Å². The minimum Gasteiger partial charge on any atom is -0.508 e. The summed E-state index contributed by atoms with van der Waals surface area (Å²) in [7, 11) is 0. The molecule has 0 radical (unpaired) electrons. The Hall–Kier alpha value is -12.3. The number of amides is 18. The second-order valence-electron chi connectivity index (χ2n) is 31.5. The number of nitrogens with one attached hydrogen (secondary N) is 15. The third-order valence-corrected chi connectivity index (χ3v) is 19.1. The highest BCUT2D eigenvalue weighted by atomic mass is 16.4. The fraction of sp³-hybridized carbons (Fsp3) is 0.608. The number of hydrogen-bond donors (Lipinski definition) is 29. The summed E-state index contributed by atoms with van der Waals surface area (Å²) in [5, 5.41) is 117. The van der Waals surface area contributed by atoms with E-state index in [1.807, 2.05) is 0 Å². The predicted octanol–water partition coefficient (Wildman–Crippen LogP) is -11.0. The Morgan fingerprint density at radius 2 is 0.630 bits per heavy atom. The van der Waals surface area contributed by atoms with Crippen LogP contribution in [-0.2, 0) is 104 Å². The third kappa shape index (κ3) is 42.0. The van der Waals surface area contributed by atoms with Gasteiger partial charge in [0, 0.05) is 19.3 Å². The number of aliphatic carboxylic acids is 1. The molecule has 0 saturated carbocycles. The Bertz CT molecular complexity index is 4030. The molecule has 18 amide bonds. The molecule has 2 aromatic carbocycles. The zero-order valence-corrected chi connectivity index (χ0v) is 71.9. The minimum absolute atomic E-state index is 0.0934. The largest absolute Gasteiger partial charge is 0.508 e. The highest BCUT2D eigenvalue weighted by Crippen LogP contribution is 2.18. The second-order valence-corrected chi connectivity index (χ2v) is 31.5. The van der Waals surface area contributed by atoms with Crippen molar-refractivity contribution in [3.05, 3.63) is 59.7 Å². The SMILES string of the molecule is CC(C)C[C@H](NC(=O)[C@H](Cc1ccc(O)cc1)NC(=O)[C@@H](NC(=O)[C@H](CCCCN)NC(=O)CNC(=O)[C@H](CC(N)=O)NC(=O)[C@H](CO)NC(=O)[C@H](Cc1ccc(O)cc1)NC(=O)[C@H](CC(C)C)NC(=O)[C@H](CC(C)C)NC(=O)[C@H](CO)NC(=O)[C@H](CCC(N)=O)NC(=O)[C@H](CO)NC(=O)[C@H](CO)NC(=O)[C@@H](N)CCCCN)[C@@H](C)O)C(=O)N[C@@H](CC(N)=O)C(=O)O. The Morgan fingerprint density at radius 1 is 0.331 bits per heavy atom. The number of aromatic hydroxyl groups is 2. The number of nitrogens with two attached hydrogens (primary N) is 6. The summed E-state index contributed by atoms with van der Waals surface area (Å²) in [6.45, 7) is 5.85. The number of benzene rings is 2. The average molecular weight is 1800 g/mol. The first-order valence-electron chi connectivity index (χ1n) is 41.1. The van der Waals surface area contributed by atoms with Gasteiger partial charge in [-0.15, -0.1) is 0 Å². The molecule has 710 valence electrons. The number of aliphatic hydroxyl groups excluding tert-OH is 5. The van der Waals surface area contributed by atoms with Crippen LogP contribution in [0.1, 0.15) is 143 Å².